The lowest BCUT2D eigenvalue weighted by atomic mass is 9.97. The van der Waals surface area contributed by atoms with E-state index in [1.807, 2.05) is 0 Å². The first-order valence-electron chi connectivity index (χ1n) is 8.03. The van der Waals surface area contributed by atoms with Gasteiger partial charge in [0.05, 0.1) is 4.92 Å². The van der Waals surface area contributed by atoms with E-state index in [4.69, 9.17) is 4.74 Å². The topological polar surface area (TPSA) is 81.5 Å². The Bertz CT molecular complexity index is 645. The number of amides is 1. The van der Waals surface area contributed by atoms with E-state index in [1.54, 1.807) is 0 Å². The smallest absolute Gasteiger partial charge is 0.311 e. The van der Waals surface area contributed by atoms with Gasteiger partial charge in [0.1, 0.15) is 5.82 Å². The lowest BCUT2D eigenvalue weighted by molar-refractivity contribution is -0.386. The van der Waals surface area contributed by atoms with Gasteiger partial charge in [-0.25, -0.2) is 4.39 Å². The molecule has 0 aliphatic heterocycles. The number of halogens is 1. The molecule has 6 nitrogen and oxygen atoms in total. The summed E-state index contributed by atoms with van der Waals surface area (Å²) in [6.07, 6.45) is 6.61. The van der Waals surface area contributed by atoms with Gasteiger partial charge in [-0.1, -0.05) is 11.6 Å². The van der Waals surface area contributed by atoms with Crippen molar-refractivity contribution >= 4 is 11.6 Å². The molecule has 24 heavy (non-hydrogen) atoms. The van der Waals surface area contributed by atoms with E-state index < -0.39 is 16.8 Å². The van der Waals surface area contributed by atoms with Gasteiger partial charge >= 0.3 is 5.69 Å². The summed E-state index contributed by atoms with van der Waals surface area (Å²) in [4.78, 5) is 22.3. The number of nitro benzene ring substituents is 1. The number of hydrogen-bond donors (Lipinski definition) is 1. The van der Waals surface area contributed by atoms with Crippen LogP contribution in [-0.4, -0.2) is 23.5 Å². The first kappa shape index (κ1) is 17.9. The molecule has 0 bridgehead atoms. The van der Waals surface area contributed by atoms with Crippen LogP contribution in [0.4, 0.5) is 10.1 Å². The van der Waals surface area contributed by atoms with Gasteiger partial charge in [-0.05, 0) is 45.1 Å². The van der Waals surface area contributed by atoms with Crippen LogP contribution in [0.25, 0.3) is 0 Å². The van der Waals surface area contributed by atoms with Crippen molar-refractivity contribution < 1.29 is 18.8 Å². The van der Waals surface area contributed by atoms with E-state index in [0.29, 0.717) is 6.54 Å². The van der Waals surface area contributed by atoms with Gasteiger partial charge in [0.2, 0.25) is 5.75 Å². The Hall–Kier alpha value is -2.44. The third kappa shape index (κ3) is 5.04. The predicted octanol–water partition coefficient (Wildman–Crippen LogP) is 3.51. The third-order valence-corrected chi connectivity index (χ3v) is 3.92. The number of rotatable bonds is 7. The molecule has 0 aromatic heterocycles. The van der Waals surface area contributed by atoms with Gasteiger partial charge in [0, 0.05) is 18.7 Å². The van der Waals surface area contributed by atoms with Crippen molar-refractivity contribution in [2.45, 2.75) is 45.1 Å². The van der Waals surface area contributed by atoms with Gasteiger partial charge in [-0.2, -0.15) is 0 Å². The molecule has 0 spiro atoms. The zero-order valence-corrected chi connectivity index (χ0v) is 13.6. The number of carbonyl (C=O) groups excluding carboxylic acids is 1. The second-order valence-corrected chi connectivity index (χ2v) is 5.78. The average Bonchev–Trinajstić information content (AvgIpc) is 2.55. The molecule has 0 radical (unpaired) electrons. The Labute approximate surface area is 139 Å². The summed E-state index contributed by atoms with van der Waals surface area (Å²) in [5.74, 6) is -1.30. The molecule has 1 aliphatic rings. The highest BCUT2D eigenvalue weighted by Gasteiger charge is 2.21. The first-order valence-corrected chi connectivity index (χ1v) is 8.03. The van der Waals surface area contributed by atoms with E-state index in [2.05, 4.69) is 11.4 Å². The van der Waals surface area contributed by atoms with Crippen molar-refractivity contribution in [2.75, 3.05) is 6.54 Å². The molecular formula is C17H21FN2O4. The van der Waals surface area contributed by atoms with E-state index in [1.165, 1.54) is 25.3 Å². The molecule has 1 aromatic rings. The Morgan fingerprint density at radius 2 is 2.25 bits per heavy atom. The van der Waals surface area contributed by atoms with Crippen molar-refractivity contribution in [2.24, 2.45) is 0 Å². The zero-order valence-electron chi connectivity index (χ0n) is 13.6. The summed E-state index contributed by atoms with van der Waals surface area (Å²) < 4.78 is 18.5. The van der Waals surface area contributed by atoms with Crippen LogP contribution in [-0.2, 0) is 4.79 Å². The van der Waals surface area contributed by atoms with Crippen molar-refractivity contribution in [1.82, 2.24) is 5.32 Å². The van der Waals surface area contributed by atoms with Crippen molar-refractivity contribution in [1.29, 1.82) is 0 Å². The van der Waals surface area contributed by atoms with Crippen LogP contribution >= 0.6 is 0 Å². The van der Waals surface area contributed by atoms with Crippen molar-refractivity contribution in [3.8, 4) is 5.75 Å². The molecule has 2 rings (SSSR count). The number of nitrogens with one attached hydrogen (secondary N) is 1. The lowest BCUT2D eigenvalue weighted by Crippen LogP contribution is -2.37. The maximum absolute atomic E-state index is 13.3. The molecule has 0 saturated heterocycles. The Morgan fingerprint density at radius 1 is 1.46 bits per heavy atom. The molecule has 1 amide bonds. The molecular weight excluding hydrogens is 315 g/mol. The van der Waals surface area contributed by atoms with Gasteiger partial charge in [-0.3, -0.25) is 14.9 Å². The summed E-state index contributed by atoms with van der Waals surface area (Å²) in [7, 11) is 0. The van der Waals surface area contributed by atoms with Crippen LogP contribution in [0.5, 0.6) is 5.75 Å². The molecule has 1 N–H and O–H groups in total. The van der Waals surface area contributed by atoms with E-state index in [9.17, 15) is 19.3 Å². The second-order valence-electron chi connectivity index (χ2n) is 5.78. The van der Waals surface area contributed by atoms with Crippen LogP contribution in [0.3, 0.4) is 0 Å². The van der Waals surface area contributed by atoms with Gasteiger partial charge < -0.3 is 10.1 Å². The Balaban J connectivity index is 1.88. The quantitative estimate of drug-likeness (QED) is 0.469. The maximum atomic E-state index is 13.3. The van der Waals surface area contributed by atoms with Crippen molar-refractivity contribution in [3.63, 3.8) is 0 Å². The van der Waals surface area contributed by atoms with Gasteiger partial charge in [0.15, 0.2) is 6.10 Å². The second kappa shape index (κ2) is 8.42. The standard InChI is InChI=1S/C17H21FN2O4/c1-12(17(21)19-10-9-13-5-3-2-4-6-13)24-16-11-14(18)7-8-15(16)20(22)23/h5,7-8,11-12H,2-4,6,9-10H2,1H3,(H,19,21). The minimum atomic E-state index is -0.953. The highest BCUT2D eigenvalue weighted by atomic mass is 19.1. The fourth-order valence-electron chi connectivity index (χ4n) is 2.60. The fourth-order valence-corrected chi connectivity index (χ4v) is 2.60. The molecule has 0 fully saturated rings. The first-order chi connectivity index (χ1) is 11.5. The molecule has 1 atom stereocenters. The van der Waals surface area contributed by atoms with Crippen molar-refractivity contribution in [3.05, 3.63) is 45.8 Å². The molecule has 1 unspecified atom stereocenters. The molecule has 7 heteroatoms. The predicted molar refractivity (Wildman–Crippen MR) is 87.3 cm³/mol. The van der Waals surface area contributed by atoms with E-state index in [0.717, 1.165) is 37.5 Å². The largest absolute Gasteiger partial charge is 0.474 e. The number of benzene rings is 1. The Kier molecular flexibility index (Phi) is 6.28. The number of nitrogens with zero attached hydrogens (tertiary/aromatic N) is 1. The summed E-state index contributed by atoms with van der Waals surface area (Å²) >= 11 is 0. The highest BCUT2D eigenvalue weighted by molar-refractivity contribution is 5.80. The minimum absolute atomic E-state index is 0.252. The monoisotopic (exact) mass is 336 g/mol. The van der Waals surface area contributed by atoms with Gasteiger partial charge in [0.25, 0.3) is 5.91 Å². The summed E-state index contributed by atoms with van der Waals surface area (Å²) in [6.45, 7) is 1.97. The number of carbonyl (C=O) groups is 1. The van der Waals surface area contributed by atoms with Gasteiger partial charge in [-0.15, -0.1) is 0 Å². The maximum Gasteiger partial charge on any atom is 0.311 e. The number of hydrogen-bond acceptors (Lipinski definition) is 4. The molecule has 1 aromatic carbocycles. The SMILES string of the molecule is CC(Oc1cc(F)ccc1[N+](=O)[O-])C(=O)NCCC1=CCCCC1. The molecule has 0 heterocycles. The Morgan fingerprint density at radius 3 is 2.92 bits per heavy atom. The lowest BCUT2D eigenvalue weighted by Gasteiger charge is -2.16. The summed E-state index contributed by atoms with van der Waals surface area (Å²) in [5.41, 5.74) is 0.972. The van der Waals surface area contributed by atoms with Crippen LogP contribution in [0.2, 0.25) is 0 Å². The summed E-state index contributed by atoms with van der Waals surface area (Å²) in [5, 5.41) is 13.7. The van der Waals surface area contributed by atoms with Crippen LogP contribution < -0.4 is 10.1 Å². The number of nitro groups is 1. The van der Waals surface area contributed by atoms with Crippen LogP contribution in [0.15, 0.2) is 29.8 Å². The highest BCUT2D eigenvalue weighted by Crippen LogP contribution is 2.28. The summed E-state index contributed by atoms with van der Waals surface area (Å²) in [6, 6.07) is 2.91. The normalized spacial score (nSPS) is 15.3. The van der Waals surface area contributed by atoms with E-state index >= 15 is 0 Å². The zero-order chi connectivity index (χ0) is 17.5. The molecule has 1 aliphatic carbocycles. The minimum Gasteiger partial charge on any atom is -0.474 e. The molecule has 130 valence electrons. The molecule has 0 saturated carbocycles. The number of ether oxygens (including phenoxy) is 1. The van der Waals surface area contributed by atoms with E-state index in [-0.39, 0.29) is 17.3 Å². The third-order valence-electron chi connectivity index (χ3n) is 3.92. The van der Waals surface area contributed by atoms with Crippen LogP contribution in [0, 0.1) is 15.9 Å². The van der Waals surface area contributed by atoms with Crippen LogP contribution in [0.1, 0.15) is 39.0 Å². The number of allylic oxidation sites excluding steroid dienone is 1. The average molecular weight is 336 g/mol. The fraction of sp³-hybridized carbons (Fsp3) is 0.471.